The molecule has 2 atom stereocenters. The number of halogens is 2. The van der Waals surface area contributed by atoms with Gasteiger partial charge in [-0.05, 0) is 57.3 Å². The van der Waals surface area contributed by atoms with Gasteiger partial charge in [-0.15, -0.1) is 11.3 Å². The molecule has 0 saturated carbocycles. The summed E-state index contributed by atoms with van der Waals surface area (Å²) < 4.78 is 1.16. The van der Waals surface area contributed by atoms with Crippen molar-refractivity contribution >= 4 is 45.5 Å². The highest BCUT2D eigenvalue weighted by molar-refractivity contribution is 14.1. The summed E-state index contributed by atoms with van der Waals surface area (Å²) in [6.07, 6.45) is -0.590. The summed E-state index contributed by atoms with van der Waals surface area (Å²) in [4.78, 5) is 0. The Balaban J connectivity index is 2.28. The summed E-state index contributed by atoms with van der Waals surface area (Å²) in [7, 11) is 0. The van der Waals surface area contributed by atoms with Gasteiger partial charge >= 0.3 is 0 Å². The average molecular weight is 394 g/mol. The van der Waals surface area contributed by atoms with Gasteiger partial charge in [0.1, 0.15) is 0 Å². The highest BCUT2D eigenvalue weighted by atomic mass is 127. The van der Waals surface area contributed by atoms with Gasteiger partial charge in [-0.25, -0.2) is 0 Å². The predicted molar refractivity (Wildman–Crippen MR) is 85.2 cm³/mol. The lowest BCUT2D eigenvalue weighted by molar-refractivity contribution is 0.148. The van der Waals surface area contributed by atoms with E-state index in [2.05, 4.69) is 22.6 Å². The van der Waals surface area contributed by atoms with Gasteiger partial charge in [0.2, 0.25) is 0 Å². The summed E-state index contributed by atoms with van der Waals surface area (Å²) in [6.45, 7) is 0.383. The van der Waals surface area contributed by atoms with E-state index in [1.54, 1.807) is 11.3 Å². The summed E-state index contributed by atoms with van der Waals surface area (Å²) in [5.41, 5.74) is 7.69. The molecule has 0 bridgehead atoms. The van der Waals surface area contributed by atoms with Crippen molar-refractivity contribution < 1.29 is 5.11 Å². The number of nitrogens with two attached hydrogens (primary N) is 1. The minimum absolute atomic E-state index is 0.130. The minimum atomic E-state index is -0.590. The first kappa shape index (κ1) is 14.3. The second kappa shape index (κ2) is 6.34. The molecule has 2 nitrogen and oxygen atoms in total. The van der Waals surface area contributed by atoms with Crippen molar-refractivity contribution in [2.75, 3.05) is 6.54 Å². The lowest BCUT2D eigenvalue weighted by atomic mass is 9.90. The number of rotatable bonds is 4. The standard InChI is InChI=1S/C13H13ClINOS/c14-10-3-1-2-8(4-10)11(6-16)13(17)9-5-12(15)18-7-9/h1-5,7,11,13,17H,6,16H2. The average Bonchev–Trinajstić information content (AvgIpc) is 2.77. The summed E-state index contributed by atoms with van der Waals surface area (Å²) >= 11 is 9.84. The Morgan fingerprint density at radius 3 is 2.67 bits per heavy atom. The van der Waals surface area contributed by atoms with E-state index < -0.39 is 6.10 Å². The number of benzene rings is 1. The Hall–Kier alpha value is -0.140. The van der Waals surface area contributed by atoms with E-state index in [1.807, 2.05) is 35.7 Å². The monoisotopic (exact) mass is 393 g/mol. The van der Waals surface area contributed by atoms with E-state index in [1.165, 1.54) is 0 Å². The smallest absolute Gasteiger partial charge is 0.0879 e. The molecular formula is C13H13ClINOS. The van der Waals surface area contributed by atoms with E-state index in [0.717, 1.165) is 14.0 Å². The van der Waals surface area contributed by atoms with Gasteiger partial charge < -0.3 is 10.8 Å². The SMILES string of the molecule is NCC(c1cccc(Cl)c1)C(O)c1csc(I)c1. The molecule has 1 heterocycles. The van der Waals surface area contributed by atoms with Crippen LogP contribution in [0, 0.1) is 2.88 Å². The van der Waals surface area contributed by atoms with Gasteiger partial charge in [0.15, 0.2) is 0 Å². The fraction of sp³-hybridized carbons (Fsp3) is 0.231. The molecule has 3 N–H and O–H groups in total. The third kappa shape index (κ3) is 3.24. The zero-order chi connectivity index (χ0) is 13.1. The summed E-state index contributed by atoms with van der Waals surface area (Å²) in [6, 6.07) is 9.50. The van der Waals surface area contributed by atoms with Crippen LogP contribution >= 0.6 is 45.5 Å². The molecule has 2 aromatic rings. The van der Waals surface area contributed by atoms with Gasteiger partial charge in [0, 0.05) is 17.5 Å². The zero-order valence-electron chi connectivity index (χ0n) is 9.51. The molecule has 96 valence electrons. The lowest BCUT2D eigenvalue weighted by Gasteiger charge is -2.21. The Morgan fingerprint density at radius 1 is 1.33 bits per heavy atom. The van der Waals surface area contributed by atoms with Crippen LogP contribution in [0.1, 0.15) is 23.1 Å². The van der Waals surface area contributed by atoms with Crippen LogP contribution in [0.2, 0.25) is 5.02 Å². The molecule has 5 heteroatoms. The highest BCUT2D eigenvalue weighted by Crippen LogP contribution is 2.33. The van der Waals surface area contributed by atoms with Crippen LogP contribution in [0.25, 0.3) is 0 Å². The molecule has 0 amide bonds. The molecule has 1 aromatic carbocycles. The Kier molecular flexibility index (Phi) is 5.03. The van der Waals surface area contributed by atoms with Crippen molar-refractivity contribution in [3.63, 3.8) is 0 Å². The first-order valence-electron chi connectivity index (χ1n) is 5.49. The maximum Gasteiger partial charge on any atom is 0.0879 e. The van der Waals surface area contributed by atoms with Crippen LogP contribution in [-0.4, -0.2) is 11.7 Å². The molecule has 1 aromatic heterocycles. The molecule has 0 radical (unpaired) electrons. The van der Waals surface area contributed by atoms with Crippen LogP contribution in [0.15, 0.2) is 35.7 Å². The molecule has 2 unspecified atom stereocenters. The van der Waals surface area contributed by atoms with E-state index in [0.29, 0.717) is 11.6 Å². The van der Waals surface area contributed by atoms with Crippen molar-refractivity contribution in [1.82, 2.24) is 0 Å². The van der Waals surface area contributed by atoms with Crippen molar-refractivity contribution in [3.05, 3.63) is 54.7 Å². The van der Waals surface area contributed by atoms with Crippen LogP contribution < -0.4 is 5.73 Å². The lowest BCUT2D eigenvalue weighted by Crippen LogP contribution is -2.19. The molecular weight excluding hydrogens is 381 g/mol. The summed E-state index contributed by atoms with van der Waals surface area (Å²) in [5.74, 6) is -0.130. The minimum Gasteiger partial charge on any atom is -0.388 e. The number of aliphatic hydroxyl groups excluding tert-OH is 1. The highest BCUT2D eigenvalue weighted by Gasteiger charge is 2.22. The zero-order valence-corrected chi connectivity index (χ0v) is 13.2. The number of thiophene rings is 1. The van der Waals surface area contributed by atoms with E-state index >= 15 is 0 Å². The second-order valence-electron chi connectivity index (χ2n) is 4.03. The molecule has 0 saturated heterocycles. The van der Waals surface area contributed by atoms with Crippen LogP contribution in [-0.2, 0) is 0 Å². The Bertz CT molecular complexity index is 531. The van der Waals surface area contributed by atoms with E-state index in [9.17, 15) is 5.11 Å². The third-order valence-electron chi connectivity index (χ3n) is 2.84. The predicted octanol–water partition coefficient (Wildman–Crippen LogP) is 3.78. The van der Waals surface area contributed by atoms with Gasteiger partial charge in [-0.1, -0.05) is 23.7 Å². The molecule has 0 fully saturated rings. The second-order valence-corrected chi connectivity index (χ2v) is 7.27. The quantitative estimate of drug-likeness (QED) is 0.777. The first-order valence-corrected chi connectivity index (χ1v) is 7.83. The fourth-order valence-corrected chi connectivity index (χ4v) is 3.50. The molecule has 0 aliphatic rings. The van der Waals surface area contributed by atoms with Gasteiger partial charge in [-0.2, -0.15) is 0 Å². The van der Waals surface area contributed by atoms with Gasteiger partial charge in [0.25, 0.3) is 0 Å². The summed E-state index contributed by atoms with van der Waals surface area (Å²) in [5, 5.41) is 13.1. The number of aliphatic hydroxyl groups is 1. The van der Waals surface area contributed by atoms with Crippen LogP contribution in [0.3, 0.4) is 0 Å². The molecule has 0 spiro atoms. The molecule has 0 aliphatic heterocycles. The maximum absolute atomic E-state index is 10.4. The Morgan fingerprint density at radius 2 is 2.11 bits per heavy atom. The van der Waals surface area contributed by atoms with Crippen molar-refractivity contribution in [2.45, 2.75) is 12.0 Å². The van der Waals surface area contributed by atoms with Crippen LogP contribution in [0.5, 0.6) is 0 Å². The maximum atomic E-state index is 10.4. The molecule has 0 aliphatic carbocycles. The number of hydrogen-bond acceptors (Lipinski definition) is 3. The van der Waals surface area contributed by atoms with E-state index in [-0.39, 0.29) is 5.92 Å². The van der Waals surface area contributed by atoms with E-state index in [4.69, 9.17) is 17.3 Å². The van der Waals surface area contributed by atoms with Crippen molar-refractivity contribution in [1.29, 1.82) is 0 Å². The largest absolute Gasteiger partial charge is 0.388 e. The van der Waals surface area contributed by atoms with Crippen molar-refractivity contribution in [3.8, 4) is 0 Å². The molecule has 2 rings (SSSR count). The first-order chi connectivity index (χ1) is 8.61. The number of hydrogen-bond donors (Lipinski definition) is 2. The van der Waals surface area contributed by atoms with Gasteiger partial charge in [0.05, 0.1) is 8.99 Å². The third-order valence-corrected chi connectivity index (χ3v) is 4.88. The fourth-order valence-electron chi connectivity index (χ4n) is 1.90. The van der Waals surface area contributed by atoms with Crippen LogP contribution in [0.4, 0.5) is 0 Å². The Labute approximate surface area is 129 Å². The van der Waals surface area contributed by atoms with Crippen molar-refractivity contribution in [2.24, 2.45) is 5.73 Å². The molecule has 18 heavy (non-hydrogen) atoms. The normalized spacial score (nSPS) is 14.4. The van der Waals surface area contributed by atoms with Gasteiger partial charge in [-0.3, -0.25) is 0 Å². The topological polar surface area (TPSA) is 46.2 Å².